The zero-order valence-electron chi connectivity index (χ0n) is 15.6. The summed E-state index contributed by atoms with van der Waals surface area (Å²) in [4.78, 5) is 15.1. The van der Waals surface area contributed by atoms with Crippen LogP contribution in [0.25, 0.3) is 0 Å². The first-order valence-corrected chi connectivity index (χ1v) is 10.0. The fraction of sp³-hybridized carbons (Fsp3) is 0.435. The number of carbonyl (C=O) groups is 1. The number of likely N-dealkylation sites (tertiary alicyclic amines) is 1. The minimum atomic E-state index is 0.0552. The van der Waals surface area contributed by atoms with E-state index in [-0.39, 0.29) is 11.3 Å². The zero-order valence-corrected chi connectivity index (χ0v) is 15.6. The number of fused-ring (bicyclic) bond motifs is 2. The Labute approximate surface area is 160 Å². The van der Waals surface area contributed by atoms with Crippen molar-refractivity contribution in [3.63, 3.8) is 0 Å². The summed E-state index contributed by atoms with van der Waals surface area (Å²) in [5.41, 5.74) is 9.64. The number of rotatable bonds is 3. The fourth-order valence-corrected chi connectivity index (χ4v) is 4.88. The monoisotopic (exact) mass is 362 g/mol. The molecule has 2 unspecified atom stereocenters. The lowest BCUT2D eigenvalue weighted by Crippen LogP contribution is -2.46. The first-order chi connectivity index (χ1) is 13.2. The van der Waals surface area contributed by atoms with Gasteiger partial charge in [-0.2, -0.15) is 0 Å². The third kappa shape index (κ3) is 2.83. The van der Waals surface area contributed by atoms with Crippen molar-refractivity contribution in [2.24, 2.45) is 11.7 Å². The Hall–Kier alpha value is -2.33. The first-order valence-electron chi connectivity index (χ1n) is 10.0. The van der Waals surface area contributed by atoms with Gasteiger partial charge in [-0.25, -0.2) is 0 Å². The number of nitrogens with two attached hydrogens (primary N) is 1. The normalized spacial score (nSPS) is 25.1. The van der Waals surface area contributed by atoms with Crippen molar-refractivity contribution in [3.05, 3.63) is 65.2 Å². The van der Waals surface area contributed by atoms with E-state index in [9.17, 15) is 4.79 Å². The molecule has 2 aromatic rings. The molecule has 5 rings (SSSR count). The van der Waals surface area contributed by atoms with Crippen molar-refractivity contribution in [2.45, 2.75) is 37.1 Å². The van der Waals surface area contributed by atoms with Crippen LogP contribution >= 0.6 is 0 Å². The number of nitrogens with zero attached hydrogens (tertiary/aromatic N) is 1. The van der Waals surface area contributed by atoms with Crippen LogP contribution in [0.2, 0.25) is 0 Å². The molecule has 27 heavy (non-hydrogen) atoms. The van der Waals surface area contributed by atoms with E-state index in [4.69, 9.17) is 10.5 Å². The molecule has 0 aromatic heterocycles. The second kappa shape index (κ2) is 6.38. The molecule has 140 valence electrons. The van der Waals surface area contributed by atoms with Gasteiger partial charge in [0.1, 0.15) is 5.75 Å². The van der Waals surface area contributed by atoms with Crippen molar-refractivity contribution in [1.29, 1.82) is 0 Å². The van der Waals surface area contributed by atoms with Gasteiger partial charge in [-0.15, -0.1) is 0 Å². The predicted molar refractivity (Wildman–Crippen MR) is 105 cm³/mol. The quantitative estimate of drug-likeness (QED) is 0.912. The number of hydrogen-bond donors (Lipinski definition) is 1. The highest BCUT2D eigenvalue weighted by molar-refractivity contribution is 5.83. The summed E-state index contributed by atoms with van der Waals surface area (Å²) in [5.74, 6) is 1.93. The number of benzene rings is 2. The fourth-order valence-electron chi connectivity index (χ4n) is 4.88. The highest BCUT2D eigenvalue weighted by Gasteiger charge is 2.49. The summed E-state index contributed by atoms with van der Waals surface area (Å²) in [7, 11) is 0. The lowest BCUT2D eigenvalue weighted by molar-refractivity contribution is -0.134. The van der Waals surface area contributed by atoms with Crippen LogP contribution in [0.4, 0.5) is 0 Å². The van der Waals surface area contributed by atoms with Crippen LogP contribution in [0.5, 0.6) is 5.75 Å². The molecule has 2 aromatic carbocycles. The van der Waals surface area contributed by atoms with Gasteiger partial charge >= 0.3 is 0 Å². The van der Waals surface area contributed by atoms with E-state index in [1.54, 1.807) is 0 Å². The van der Waals surface area contributed by atoms with Crippen molar-refractivity contribution >= 4 is 5.91 Å². The van der Waals surface area contributed by atoms with Crippen LogP contribution < -0.4 is 10.5 Å². The maximum Gasteiger partial charge on any atom is 0.226 e. The molecule has 2 fully saturated rings. The molecule has 1 saturated heterocycles. The van der Waals surface area contributed by atoms with Gasteiger partial charge in [0.05, 0.1) is 6.61 Å². The van der Waals surface area contributed by atoms with Gasteiger partial charge in [-0.05, 0) is 42.4 Å². The number of ether oxygens (including phenoxy) is 1. The summed E-state index contributed by atoms with van der Waals surface area (Å²) >= 11 is 0. The topological polar surface area (TPSA) is 55.6 Å². The van der Waals surface area contributed by atoms with Crippen LogP contribution in [0.3, 0.4) is 0 Å². The van der Waals surface area contributed by atoms with E-state index in [1.807, 2.05) is 12.1 Å². The highest BCUT2D eigenvalue weighted by Crippen LogP contribution is 2.50. The Balaban J connectivity index is 1.26. The van der Waals surface area contributed by atoms with Gasteiger partial charge in [-0.3, -0.25) is 4.79 Å². The molecule has 0 radical (unpaired) electrons. The molecule has 1 aliphatic carbocycles. The second-order valence-corrected chi connectivity index (χ2v) is 8.29. The second-order valence-electron chi connectivity index (χ2n) is 8.29. The minimum absolute atomic E-state index is 0.0552. The van der Waals surface area contributed by atoms with E-state index in [1.165, 1.54) is 11.1 Å². The molecule has 1 saturated carbocycles. The Kier molecular flexibility index (Phi) is 3.97. The molecule has 2 heterocycles. The van der Waals surface area contributed by atoms with E-state index >= 15 is 0 Å². The standard InChI is InChI=1S/C23H26N2O2/c24-14-16-6-7-21-20(12-16)23(15-27-21)8-10-25(11-9-23)22(26)19-13-18(19)17-4-2-1-3-5-17/h1-7,12,18-19H,8-11,13-15,24H2. The summed E-state index contributed by atoms with van der Waals surface area (Å²) in [5, 5.41) is 0. The van der Waals surface area contributed by atoms with E-state index in [0.717, 1.165) is 50.3 Å². The highest BCUT2D eigenvalue weighted by atomic mass is 16.5. The molecule has 3 aliphatic rings. The minimum Gasteiger partial charge on any atom is -0.492 e. The smallest absolute Gasteiger partial charge is 0.226 e. The number of hydrogen-bond acceptors (Lipinski definition) is 3. The van der Waals surface area contributed by atoms with Crippen LogP contribution in [-0.4, -0.2) is 30.5 Å². The molecule has 1 amide bonds. The zero-order chi connectivity index (χ0) is 18.4. The van der Waals surface area contributed by atoms with Gasteiger partial charge in [0.25, 0.3) is 0 Å². The maximum absolute atomic E-state index is 13.0. The number of amides is 1. The summed E-state index contributed by atoms with van der Waals surface area (Å²) in [6.45, 7) is 2.93. The van der Waals surface area contributed by atoms with Crippen molar-refractivity contribution in [2.75, 3.05) is 19.7 Å². The average Bonchev–Trinajstić information content (AvgIpc) is 3.47. The molecular formula is C23H26N2O2. The molecular weight excluding hydrogens is 336 g/mol. The number of piperidine rings is 1. The summed E-state index contributed by atoms with van der Waals surface area (Å²) in [6.07, 6.45) is 2.95. The molecule has 4 nitrogen and oxygen atoms in total. The third-order valence-electron chi connectivity index (χ3n) is 6.72. The van der Waals surface area contributed by atoms with Crippen molar-refractivity contribution in [1.82, 2.24) is 4.90 Å². The lowest BCUT2D eigenvalue weighted by Gasteiger charge is -2.38. The van der Waals surface area contributed by atoms with Gasteiger partial charge in [-0.1, -0.05) is 42.5 Å². The molecule has 1 spiro atoms. The van der Waals surface area contributed by atoms with Crippen LogP contribution in [-0.2, 0) is 16.8 Å². The molecule has 2 aliphatic heterocycles. The Bertz CT molecular complexity index is 856. The van der Waals surface area contributed by atoms with Crippen LogP contribution in [0.1, 0.15) is 41.9 Å². The largest absolute Gasteiger partial charge is 0.492 e. The van der Waals surface area contributed by atoms with E-state index < -0.39 is 0 Å². The van der Waals surface area contributed by atoms with Crippen LogP contribution in [0.15, 0.2) is 48.5 Å². The van der Waals surface area contributed by atoms with E-state index in [0.29, 0.717) is 18.4 Å². The molecule has 0 bridgehead atoms. The van der Waals surface area contributed by atoms with Crippen LogP contribution in [0, 0.1) is 5.92 Å². The van der Waals surface area contributed by atoms with Gasteiger partial charge in [0, 0.05) is 36.5 Å². The molecule has 4 heteroatoms. The first kappa shape index (κ1) is 16.8. The van der Waals surface area contributed by atoms with Crippen molar-refractivity contribution < 1.29 is 9.53 Å². The Morgan fingerprint density at radius 2 is 1.93 bits per heavy atom. The van der Waals surface area contributed by atoms with Gasteiger partial charge in [0.2, 0.25) is 5.91 Å². The van der Waals surface area contributed by atoms with Crippen molar-refractivity contribution in [3.8, 4) is 5.75 Å². The Morgan fingerprint density at radius 1 is 1.15 bits per heavy atom. The Morgan fingerprint density at radius 3 is 2.67 bits per heavy atom. The van der Waals surface area contributed by atoms with E-state index in [2.05, 4.69) is 41.3 Å². The SMILES string of the molecule is NCc1ccc2c(c1)C1(CCN(C(=O)C3CC3c3ccccc3)CC1)CO2. The summed E-state index contributed by atoms with van der Waals surface area (Å²) < 4.78 is 5.98. The third-order valence-corrected chi connectivity index (χ3v) is 6.72. The molecule has 2 N–H and O–H groups in total. The number of carbonyl (C=O) groups excluding carboxylic acids is 1. The molecule has 2 atom stereocenters. The predicted octanol–water partition coefficient (Wildman–Crippen LogP) is 3.20. The lowest BCUT2D eigenvalue weighted by atomic mass is 9.74. The average molecular weight is 362 g/mol. The van der Waals surface area contributed by atoms with Gasteiger partial charge < -0.3 is 15.4 Å². The summed E-state index contributed by atoms with van der Waals surface area (Å²) in [6, 6.07) is 16.8. The van der Waals surface area contributed by atoms with Gasteiger partial charge in [0.15, 0.2) is 0 Å². The maximum atomic E-state index is 13.0.